The zero-order valence-electron chi connectivity index (χ0n) is 12.3. The first-order valence-corrected chi connectivity index (χ1v) is 8.41. The monoisotopic (exact) mass is 370 g/mol. The fraction of sp³-hybridized carbons (Fsp3) is 0.467. The fourth-order valence-corrected chi connectivity index (χ4v) is 3.18. The Morgan fingerprint density at radius 2 is 2.14 bits per heavy atom. The lowest BCUT2D eigenvalue weighted by Crippen LogP contribution is -2.26. The quantitative estimate of drug-likeness (QED) is 0.793. The molecule has 0 radical (unpaired) electrons. The molecule has 0 aliphatic carbocycles. The normalized spacial score (nSPS) is 12.6. The van der Waals surface area contributed by atoms with Gasteiger partial charge in [0.1, 0.15) is 0 Å². The lowest BCUT2D eigenvalue weighted by molar-refractivity contribution is 0.503. The Labute approximate surface area is 139 Å². The topological polar surface area (TPSA) is 42.7 Å². The molecule has 0 saturated carbocycles. The van der Waals surface area contributed by atoms with Gasteiger partial charge in [-0.05, 0) is 37.1 Å². The van der Waals surface area contributed by atoms with Gasteiger partial charge in [0, 0.05) is 16.0 Å². The van der Waals surface area contributed by atoms with E-state index in [0.29, 0.717) is 0 Å². The molecule has 0 amide bonds. The molecule has 0 aliphatic rings. The second-order valence-electron chi connectivity index (χ2n) is 4.93. The molecule has 0 bridgehead atoms. The van der Waals surface area contributed by atoms with Crippen LogP contribution in [0.4, 0.5) is 0 Å². The molecular formula is C15H20BrClN4. The number of hydrogen-bond donors (Lipinski definition) is 1. The summed E-state index contributed by atoms with van der Waals surface area (Å²) in [4.78, 5) is 0. The van der Waals surface area contributed by atoms with E-state index < -0.39 is 0 Å². The van der Waals surface area contributed by atoms with Crippen LogP contribution >= 0.6 is 27.5 Å². The molecule has 6 heteroatoms. The van der Waals surface area contributed by atoms with E-state index in [0.717, 1.165) is 46.7 Å². The Balaban J connectivity index is 2.39. The van der Waals surface area contributed by atoms with Gasteiger partial charge >= 0.3 is 0 Å². The van der Waals surface area contributed by atoms with Crippen molar-refractivity contribution in [2.45, 2.75) is 39.3 Å². The third-order valence-electron chi connectivity index (χ3n) is 3.25. The molecule has 21 heavy (non-hydrogen) atoms. The lowest BCUT2D eigenvalue weighted by atomic mass is 10.0. The number of benzene rings is 1. The number of aryl methyl sites for hydroxylation is 1. The van der Waals surface area contributed by atoms with Gasteiger partial charge < -0.3 is 5.32 Å². The summed E-state index contributed by atoms with van der Waals surface area (Å²) in [5.41, 5.74) is 2.22. The molecule has 2 rings (SSSR count). The van der Waals surface area contributed by atoms with Crippen molar-refractivity contribution in [2.75, 3.05) is 6.54 Å². The van der Waals surface area contributed by atoms with Crippen LogP contribution in [0.25, 0.3) is 0 Å². The highest BCUT2D eigenvalue weighted by Crippen LogP contribution is 2.30. The van der Waals surface area contributed by atoms with Crippen molar-refractivity contribution in [3.63, 3.8) is 0 Å². The summed E-state index contributed by atoms with van der Waals surface area (Å²) in [6.07, 6.45) is 3.93. The van der Waals surface area contributed by atoms with Crippen molar-refractivity contribution in [3.05, 3.63) is 45.1 Å². The molecule has 1 heterocycles. The number of hydrogen-bond acceptors (Lipinski definition) is 3. The number of rotatable bonds is 7. The molecule has 0 fully saturated rings. The average Bonchev–Trinajstić information content (AvgIpc) is 2.90. The second-order valence-corrected chi connectivity index (χ2v) is 6.23. The van der Waals surface area contributed by atoms with Crippen LogP contribution < -0.4 is 5.32 Å². The van der Waals surface area contributed by atoms with E-state index in [9.17, 15) is 0 Å². The van der Waals surface area contributed by atoms with Gasteiger partial charge in [-0.1, -0.05) is 52.7 Å². The van der Waals surface area contributed by atoms with Crippen molar-refractivity contribution in [1.82, 2.24) is 20.3 Å². The minimum atomic E-state index is 0.0538. The van der Waals surface area contributed by atoms with Gasteiger partial charge in [0.05, 0.1) is 17.9 Å². The lowest BCUT2D eigenvalue weighted by Gasteiger charge is -2.21. The number of nitrogens with one attached hydrogen (secondary N) is 1. The van der Waals surface area contributed by atoms with E-state index in [1.165, 1.54) is 0 Å². The van der Waals surface area contributed by atoms with Gasteiger partial charge in [-0.2, -0.15) is 0 Å². The molecule has 0 spiro atoms. The first-order chi connectivity index (χ1) is 10.2. The van der Waals surface area contributed by atoms with E-state index in [2.05, 4.69) is 45.4 Å². The van der Waals surface area contributed by atoms with E-state index in [1.807, 2.05) is 29.1 Å². The Bertz CT molecular complexity index is 585. The molecule has 2 aromatic rings. The van der Waals surface area contributed by atoms with E-state index in [-0.39, 0.29) is 6.04 Å². The summed E-state index contributed by atoms with van der Waals surface area (Å²) in [6.45, 7) is 6.09. The van der Waals surface area contributed by atoms with E-state index in [1.54, 1.807) is 0 Å². The molecule has 1 N–H and O–H groups in total. The van der Waals surface area contributed by atoms with Gasteiger partial charge in [0.2, 0.25) is 0 Å². The van der Waals surface area contributed by atoms with Crippen LogP contribution in [0, 0.1) is 0 Å². The maximum atomic E-state index is 6.05. The highest BCUT2D eigenvalue weighted by atomic mass is 79.9. The van der Waals surface area contributed by atoms with Gasteiger partial charge in [0.25, 0.3) is 0 Å². The van der Waals surface area contributed by atoms with Crippen LogP contribution in [0.3, 0.4) is 0 Å². The maximum absolute atomic E-state index is 6.05. The van der Waals surface area contributed by atoms with Crippen molar-refractivity contribution in [1.29, 1.82) is 0 Å². The molecule has 1 atom stereocenters. The number of nitrogens with zero attached hydrogens (tertiary/aromatic N) is 3. The zero-order valence-corrected chi connectivity index (χ0v) is 14.7. The molecule has 1 aromatic carbocycles. The Hall–Kier alpha value is -0.910. The third kappa shape index (κ3) is 4.05. The number of aromatic nitrogens is 3. The van der Waals surface area contributed by atoms with Crippen LogP contribution in [0.2, 0.25) is 5.02 Å². The zero-order chi connectivity index (χ0) is 15.2. The predicted octanol–water partition coefficient (Wildman–Crippen LogP) is 4.19. The number of halogens is 2. The molecule has 114 valence electrons. The second kappa shape index (κ2) is 7.92. The highest BCUT2D eigenvalue weighted by Gasteiger charge is 2.20. The molecule has 1 unspecified atom stereocenters. The summed E-state index contributed by atoms with van der Waals surface area (Å²) >= 11 is 9.67. The van der Waals surface area contributed by atoms with Crippen LogP contribution in [-0.2, 0) is 6.54 Å². The first kappa shape index (κ1) is 16.5. The van der Waals surface area contributed by atoms with Crippen LogP contribution in [0.1, 0.15) is 44.0 Å². The molecule has 0 saturated heterocycles. The Morgan fingerprint density at radius 1 is 1.33 bits per heavy atom. The Morgan fingerprint density at radius 3 is 2.81 bits per heavy atom. The van der Waals surface area contributed by atoms with Gasteiger partial charge in [-0.25, -0.2) is 4.68 Å². The Kier molecular flexibility index (Phi) is 6.21. The standard InChI is InChI=1S/C15H20BrClN4/c1-3-7-18-15(12-6-5-11(17)9-13(12)16)14-10-19-20-21(14)8-4-2/h5-6,9-10,15,18H,3-4,7-8H2,1-2H3. The van der Waals surface area contributed by atoms with Crippen molar-refractivity contribution < 1.29 is 0 Å². The van der Waals surface area contributed by atoms with E-state index in [4.69, 9.17) is 11.6 Å². The smallest absolute Gasteiger partial charge is 0.0802 e. The van der Waals surface area contributed by atoms with Crippen LogP contribution in [0.15, 0.2) is 28.9 Å². The minimum absolute atomic E-state index is 0.0538. The molecule has 1 aromatic heterocycles. The SMILES string of the molecule is CCCNC(c1ccc(Cl)cc1Br)c1cnnn1CCC. The molecule has 0 aliphatic heterocycles. The average molecular weight is 372 g/mol. The van der Waals surface area contributed by atoms with Crippen molar-refractivity contribution in [3.8, 4) is 0 Å². The summed E-state index contributed by atoms with van der Waals surface area (Å²) in [6, 6.07) is 5.93. The maximum Gasteiger partial charge on any atom is 0.0802 e. The summed E-state index contributed by atoms with van der Waals surface area (Å²) < 4.78 is 2.96. The van der Waals surface area contributed by atoms with Crippen LogP contribution in [-0.4, -0.2) is 21.5 Å². The fourth-order valence-electron chi connectivity index (χ4n) is 2.27. The first-order valence-electron chi connectivity index (χ1n) is 7.24. The van der Waals surface area contributed by atoms with Crippen molar-refractivity contribution >= 4 is 27.5 Å². The van der Waals surface area contributed by atoms with Gasteiger partial charge in [0.15, 0.2) is 0 Å². The summed E-state index contributed by atoms with van der Waals surface area (Å²) in [7, 11) is 0. The van der Waals surface area contributed by atoms with E-state index >= 15 is 0 Å². The molecule has 4 nitrogen and oxygen atoms in total. The third-order valence-corrected chi connectivity index (χ3v) is 4.17. The van der Waals surface area contributed by atoms with Crippen molar-refractivity contribution in [2.24, 2.45) is 0 Å². The largest absolute Gasteiger partial charge is 0.305 e. The molecular weight excluding hydrogens is 352 g/mol. The van der Waals surface area contributed by atoms with Gasteiger partial charge in [-0.15, -0.1) is 5.10 Å². The van der Waals surface area contributed by atoms with Gasteiger partial charge in [-0.3, -0.25) is 0 Å². The highest BCUT2D eigenvalue weighted by molar-refractivity contribution is 9.10. The predicted molar refractivity (Wildman–Crippen MR) is 89.6 cm³/mol. The summed E-state index contributed by atoms with van der Waals surface area (Å²) in [5.74, 6) is 0. The van der Waals surface area contributed by atoms with Crippen LogP contribution in [0.5, 0.6) is 0 Å². The summed E-state index contributed by atoms with van der Waals surface area (Å²) in [5, 5.41) is 12.6. The minimum Gasteiger partial charge on any atom is -0.305 e.